The van der Waals surface area contributed by atoms with Crippen molar-refractivity contribution >= 4 is 6.03 Å². The van der Waals surface area contributed by atoms with E-state index in [1.54, 1.807) is 4.90 Å². The molecule has 0 bridgehead atoms. The Labute approximate surface area is 85.3 Å². The molecule has 1 atom stereocenters. The molecule has 0 saturated heterocycles. The van der Waals surface area contributed by atoms with Crippen LogP contribution in [0.3, 0.4) is 0 Å². The fourth-order valence-electron chi connectivity index (χ4n) is 1.46. The van der Waals surface area contributed by atoms with Gasteiger partial charge in [-0.05, 0) is 32.6 Å². The number of aliphatic hydroxyl groups is 1. The average Bonchev–Trinajstić information content (AvgIpc) is 2.99. The van der Waals surface area contributed by atoms with Gasteiger partial charge in [-0.3, -0.25) is 0 Å². The number of aliphatic hydroxyl groups excluding tert-OH is 1. The minimum Gasteiger partial charge on any atom is -0.391 e. The first-order valence-electron chi connectivity index (χ1n) is 5.39. The van der Waals surface area contributed by atoms with Gasteiger partial charge in [-0.1, -0.05) is 0 Å². The normalized spacial score (nSPS) is 17.6. The summed E-state index contributed by atoms with van der Waals surface area (Å²) in [4.78, 5) is 13.2. The van der Waals surface area contributed by atoms with Crippen LogP contribution in [0.4, 0.5) is 4.79 Å². The zero-order chi connectivity index (χ0) is 10.6. The van der Waals surface area contributed by atoms with Gasteiger partial charge < -0.3 is 15.3 Å². The second-order valence-electron chi connectivity index (χ2n) is 3.76. The lowest BCUT2D eigenvalue weighted by Crippen LogP contribution is -2.43. The first-order chi connectivity index (χ1) is 6.69. The first-order valence-corrected chi connectivity index (χ1v) is 5.39. The van der Waals surface area contributed by atoms with Crippen LogP contribution in [-0.2, 0) is 0 Å². The number of nitrogens with zero attached hydrogens (tertiary/aromatic N) is 1. The Morgan fingerprint density at radius 2 is 2.07 bits per heavy atom. The largest absolute Gasteiger partial charge is 0.391 e. The van der Waals surface area contributed by atoms with Crippen molar-refractivity contribution in [3.05, 3.63) is 0 Å². The van der Waals surface area contributed by atoms with Crippen LogP contribution >= 0.6 is 0 Å². The van der Waals surface area contributed by atoms with Crippen LogP contribution in [0.15, 0.2) is 0 Å². The molecule has 4 heteroatoms. The van der Waals surface area contributed by atoms with Crippen molar-refractivity contribution in [2.24, 2.45) is 5.92 Å². The van der Waals surface area contributed by atoms with Gasteiger partial charge in [0.15, 0.2) is 0 Å². The third kappa shape index (κ3) is 3.18. The lowest BCUT2D eigenvalue weighted by molar-refractivity contribution is 0.143. The van der Waals surface area contributed by atoms with Crippen LogP contribution in [0, 0.1) is 5.92 Å². The number of hydrogen-bond donors (Lipinski definition) is 2. The maximum absolute atomic E-state index is 11.5. The molecule has 4 nitrogen and oxygen atoms in total. The van der Waals surface area contributed by atoms with Gasteiger partial charge in [0.05, 0.1) is 6.10 Å². The summed E-state index contributed by atoms with van der Waals surface area (Å²) in [5.41, 5.74) is 0. The van der Waals surface area contributed by atoms with Gasteiger partial charge >= 0.3 is 6.03 Å². The number of urea groups is 1. The highest BCUT2D eigenvalue weighted by Gasteiger charge is 2.29. The number of carbonyl (C=O) groups excluding carboxylic acids is 1. The van der Waals surface area contributed by atoms with Gasteiger partial charge in [0.2, 0.25) is 0 Å². The van der Waals surface area contributed by atoms with Gasteiger partial charge in [0, 0.05) is 19.6 Å². The lowest BCUT2D eigenvalue weighted by Gasteiger charge is -2.20. The molecule has 14 heavy (non-hydrogen) atoms. The van der Waals surface area contributed by atoms with E-state index in [0.29, 0.717) is 25.6 Å². The minimum atomic E-state index is -0.352. The maximum atomic E-state index is 11.5. The van der Waals surface area contributed by atoms with Gasteiger partial charge in [-0.15, -0.1) is 0 Å². The summed E-state index contributed by atoms with van der Waals surface area (Å²) in [7, 11) is 0. The smallest absolute Gasteiger partial charge is 0.317 e. The van der Waals surface area contributed by atoms with Gasteiger partial charge in [-0.2, -0.15) is 0 Å². The van der Waals surface area contributed by atoms with Crippen molar-refractivity contribution in [3.8, 4) is 0 Å². The third-order valence-corrected chi connectivity index (χ3v) is 2.68. The van der Waals surface area contributed by atoms with Gasteiger partial charge in [-0.25, -0.2) is 4.79 Å². The SMILES string of the molecule is CCN(CC)C(=O)NCC(O)C1CC1. The molecule has 2 N–H and O–H groups in total. The van der Waals surface area contributed by atoms with Crippen molar-refractivity contribution in [1.82, 2.24) is 10.2 Å². The van der Waals surface area contributed by atoms with E-state index in [2.05, 4.69) is 5.32 Å². The summed E-state index contributed by atoms with van der Waals surface area (Å²) in [6.07, 6.45) is 1.85. The van der Waals surface area contributed by atoms with Crippen LogP contribution in [0.1, 0.15) is 26.7 Å². The molecule has 1 unspecified atom stereocenters. The number of nitrogens with one attached hydrogen (secondary N) is 1. The lowest BCUT2D eigenvalue weighted by atomic mass is 10.2. The predicted molar refractivity (Wildman–Crippen MR) is 55.1 cm³/mol. The highest BCUT2D eigenvalue weighted by molar-refractivity contribution is 5.74. The molecule has 0 spiro atoms. The van der Waals surface area contributed by atoms with Crippen molar-refractivity contribution in [2.75, 3.05) is 19.6 Å². The minimum absolute atomic E-state index is 0.0744. The van der Waals surface area contributed by atoms with Crippen molar-refractivity contribution in [2.45, 2.75) is 32.8 Å². The fraction of sp³-hybridized carbons (Fsp3) is 0.900. The average molecular weight is 200 g/mol. The molecule has 1 saturated carbocycles. The summed E-state index contributed by atoms with van der Waals surface area (Å²) in [5, 5.41) is 12.3. The van der Waals surface area contributed by atoms with Crippen molar-refractivity contribution in [3.63, 3.8) is 0 Å². The van der Waals surface area contributed by atoms with E-state index < -0.39 is 0 Å². The third-order valence-electron chi connectivity index (χ3n) is 2.68. The molecule has 1 aliphatic rings. The number of amides is 2. The topological polar surface area (TPSA) is 52.6 Å². The summed E-state index contributed by atoms with van der Waals surface area (Å²) in [6.45, 7) is 5.70. The fourth-order valence-corrected chi connectivity index (χ4v) is 1.46. The van der Waals surface area contributed by atoms with Crippen molar-refractivity contribution in [1.29, 1.82) is 0 Å². The maximum Gasteiger partial charge on any atom is 0.317 e. The molecule has 0 aliphatic heterocycles. The van der Waals surface area contributed by atoms with Crippen LogP contribution < -0.4 is 5.32 Å². The van der Waals surface area contributed by atoms with E-state index in [-0.39, 0.29) is 12.1 Å². The second kappa shape index (κ2) is 5.20. The van der Waals surface area contributed by atoms with Crippen molar-refractivity contribution < 1.29 is 9.90 Å². The van der Waals surface area contributed by atoms with Crippen LogP contribution in [0.5, 0.6) is 0 Å². The molecule has 2 amide bonds. The summed E-state index contributed by atoms with van der Waals surface area (Å²) in [6, 6.07) is -0.0744. The quantitative estimate of drug-likeness (QED) is 0.690. The molecular formula is C10H20N2O2. The van der Waals surface area contributed by atoms with Crippen LogP contribution in [-0.4, -0.2) is 41.8 Å². The molecule has 1 aliphatic carbocycles. The zero-order valence-electron chi connectivity index (χ0n) is 8.99. The molecular weight excluding hydrogens is 180 g/mol. The Kier molecular flexibility index (Phi) is 4.20. The molecule has 0 radical (unpaired) electrons. The summed E-state index contributed by atoms with van der Waals surface area (Å²) < 4.78 is 0. The van der Waals surface area contributed by atoms with E-state index in [9.17, 15) is 9.90 Å². The van der Waals surface area contributed by atoms with E-state index >= 15 is 0 Å². The Morgan fingerprint density at radius 1 is 1.50 bits per heavy atom. The Morgan fingerprint density at radius 3 is 2.50 bits per heavy atom. The van der Waals surface area contributed by atoms with Gasteiger partial charge in [0.1, 0.15) is 0 Å². The van der Waals surface area contributed by atoms with E-state index in [0.717, 1.165) is 12.8 Å². The Hall–Kier alpha value is -0.770. The van der Waals surface area contributed by atoms with Gasteiger partial charge in [0.25, 0.3) is 0 Å². The van der Waals surface area contributed by atoms with Crippen LogP contribution in [0.25, 0.3) is 0 Å². The summed E-state index contributed by atoms with van der Waals surface area (Å²) in [5.74, 6) is 0.423. The first kappa shape index (κ1) is 11.3. The highest BCUT2D eigenvalue weighted by Crippen LogP contribution is 2.32. The molecule has 82 valence electrons. The van der Waals surface area contributed by atoms with E-state index in [1.807, 2.05) is 13.8 Å². The number of hydrogen-bond acceptors (Lipinski definition) is 2. The van der Waals surface area contributed by atoms with E-state index in [4.69, 9.17) is 0 Å². The highest BCUT2D eigenvalue weighted by atomic mass is 16.3. The van der Waals surface area contributed by atoms with E-state index in [1.165, 1.54) is 0 Å². The van der Waals surface area contributed by atoms with Crippen LogP contribution in [0.2, 0.25) is 0 Å². The number of rotatable bonds is 5. The molecule has 0 aromatic heterocycles. The molecule has 0 aromatic rings. The predicted octanol–water partition coefficient (Wildman–Crippen LogP) is 0.809. The zero-order valence-corrected chi connectivity index (χ0v) is 8.99. The number of carbonyl (C=O) groups is 1. The molecule has 1 rings (SSSR count). The second-order valence-corrected chi connectivity index (χ2v) is 3.76. The Balaban J connectivity index is 2.18. The molecule has 0 aromatic carbocycles. The monoisotopic (exact) mass is 200 g/mol. The Bertz CT molecular complexity index is 189. The molecule has 1 fully saturated rings. The molecule has 0 heterocycles. The summed E-state index contributed by atoms with van der Waals surface area (Å²) >= 11 is 0. The standard InChI is InChI=1S/C10H20N2O2/c1-3-12(4-2)10(14)11-7-9(13)8-5-6-8/h8-9,13H,3-7H2,1-2H3,(H,11,14).